The molecule has 0 saturated heterocycles. The van der Waals surface area contributed by atoms with E-state index in [-0.39, 0.29) is 11.3 Å². The Morgan fingerprint density at radius 3 is 2.25 bits per heavy atom. The van der Waals surface area contributed by atoms with Gasteiger partial charge in [-0.3, -0.25) is 9.78 Å². The molecule has 2 N–H and O–H groups in total. The standard InChI is InChI=1S/C23H17N3O2/c27-21-15-18-11-5-4-10-17(18)14-19(21)23(28)26-25-22(16-8-2-1-3-9-16)20-12-6-7-13-24-20/h1-15,27H,(H,26,28). The topological polar surface area (TPSA) is 74.6 Å². The maximum Gasteiger partial charge on any atom is 0.275 e. The van der Waals surface area contributed by atoms with E-state index < -0.39 is 5.91 Å². The van der Waals surface area contributed by atoms with E-state index >= 15 is 0 Å². The highest BCUT2D eigenvalue weighted by Crippen LogP contribution is 2.24. The van der Waals surface area contributed by atoms with Gasteiger partial charge in [-0.15, -0.1) is 0 Å². The predicted octanol–water partition coefficient (Wildman–Crippen LogP) is 4.12. The Kier molecular flexibility index (Phi) is 4.80. The number of hydrazone groups is 1. The number of hydrogen-bond donors (Lipinski definition) is 2. The van der Waals surface area contributed by atoms with Crippen molar-refractivity contribution in [2.45, 2.75) is 0 Å². The first-order valence-corrected chi connectivity index (χ1v) is 8.79. The van der Waals surface area contributed by atoms with Gasteiger partial charge >= 0.3 is 0 Å². The van der Waals surface area contributed by atoms with E-state index in [0.29, 0.717) is 11.4 Å². The Morgan fingerprint density at radius 2 is 1.54 bits per heavy atom. The second kappa shape index (κ2) is 7.72. The molecule has 3 aromatic carbocycles. The molecule has 0 aliphatic heterocycles. The van der Waals surface area contributed by atoms with E-state index in [1.807, 2.05) is 72.8 Å². The Hall–Kier alpha value is -3.99. The van der Waals surface area contributed by atoms with E-state index in [1.54, 1.807) is 18.3 Å². The number of fused-ring (bicyclic) bond motifs is 1. The summed E-state index contributed by atoms with van der Waals surface area (Å²) in [5, 5.41) is 16.3. The van der Waals surface area contributed by atoms with Crippen molar-refractivity contribution in [2.24, 2.45) is 5.10 Å². The number of hydrogen-bond acceptors (Lipinski definition) is 4. The Labute approximate surface area is 162 Å². The number of carbonyl (C=O) groups excluding carboxylic acids is 1. The normalized spacial score (nSPS) is 11.4. The number of carbonyl (C=O) groups is 1. The molecule has 4 aromatic rings. The summed E-state index contributed by atoms with van der Waals surface area (Å²) in [6, 6.07) is 25.7. The Bertz CT molecular complexity index is 1110. The summed E-state index contributed by atoms with van der Waals surface area (Å²) < 4.78 is 0. The summed E-state index contributed by atoms with van der Waals surface area (Å²) in [6.07, 6.45) is 1.67. The van der Waals surface area contributed by atoms with Gasteiger partial charge in [-0.2, -0.15) is 5.10 Å². The fourth-order valence-electron chi connectivity index (χ4n) is 2.95. The number of aromatic nitrogens is 1. The zero-order valence-electron chi connectivity index (χ0n) is 14.9. The van der Waals surface area contributed by atoms with Crippen LogP contribution >= 0.6 is 0 Å². The molecular formula is C23H17N3O2. The highest BCUT2D eigenvalue weighted by molar-refractivity contribution is 6.12. The third-order valence-electron chi connectivity index (χ3n) is 4.33. The molecule has 0 bridgehead atoms. The molecule has 5 heteroatoms. The van der Waals surface area contributed by atoms with E-state index in [4.69, 9.17) is 0 Å². The second-order valence-electron chi connectivity index (χ2n) is 6.20. The largest absolute Gasteiger partial charge is 0.507 e. The number of amides is 1. The fourth-order valence-corrected chi connectivity index (χ4v) is 2.95. The number of aromatic hydroxyl groups is 1. The second-order valence-corrected chi connectivity index (χ2v) is 6.20. The maximum absolute atomic E-state index is 12.7. The molecule has 0 saturated carbocycles. The fraction of sp³-hybridized carbons (Fsp3) is 0. The molecule has 4 rings (SSSR count). The van der Waals surface area contributed by atoms with Gasteiger partial charge in [0, 0.05) is 11.8 Å². The number of nitrogens with zero attached hydrogens (tertiary/aromatic N) is 2. The minimum absolute atomic E-state index is 0.0921. The van der Waals surface area contributed by atoms with Crippen LogP contribution in [-0.4, -0.2) is 21.7 Å². The van der Waals surface area contributed by atoms with Crippen LogP contribution in [0.15, 0.2) is 96.2 Å². The van der Waals surface area contributed by atoms with Crippen LogP contribution in [0, 0.1) is 0 Å². The van der Waals surface area contributed by atoms with E-state index in [2.05, 4.69) is 15.5 Å². The minimum atomic E-state index is -0.493. The monoisotopic (exact) mass is 367 g/mol. The number of rotatable bonds is 4. The van der Waals surface area contributed by atoms with Crippen LogP contribution in [0.1, 0.15) is 21.6 Å². The van der Waals surface area contributed by atoms with Crippen LogP contribution < -0.4 is 5.43 Å². The van der Waals surface area contributed by atoms with Crippen LogP contribution in [0.25, 0.3) is 10.8 Å². The highest BCUT2D eigenvalue weighted by atomic mass is 16.3. The first-order valence-electron chi connectivity index (χ1n) is 8.79. The summed E-state index contributed by atoms with van der Waals surface area (Å²) in [5.74, 6) is -0.585. The van der Waals surface area contributed by atoms with Gasteiger partial charge in [0.15, 0.2) is 0 Å². The van der Waals surface area contributed by atoms with Crippen molar-refractivity contribution in [3.05, 3.63) is 108 Å². The lowest BCUT2D eigenvalue weighted by molar-refractivity contribution is 0.0952. The number of phenols is 1. The van der Waals surface area contributed by atoms with Gasteiger partial charge in [0.05, 0.1) is 11.3 Å². The van der Waals surface area contributed by atoms with Crippen molar-refractivity contribution in [3.8, 4) is 5.75 Å². The van der Waals surface area contributed by atoms with Crippen molar-refractivity contribution in [1.82, 2.24) is 10.4 Å². The van der Waals surface area contributed by atoms with E-state index in [9.17, 15) is 9.90 Å². The van der Waals surface area contributed by atoms with Gasteiger partial charge in [-0.1, -0.05) is 60.7 Å². The molecule has 0 aliphatic carbocycles. The molecule has 5 nitrogen and oxygen atoms in total. The van der Waals surface area contributed by atoms with Gasteiger partial charge in [0.1, 0.15) is 11.5 Å². The van der Waals surface area contributed by atoms with Crippen molar-refractivity contribution in [1.29, 1.82) is 0 Å². The van der Waals surface area contributed by atoms with Crippen molar-refractivity contribution in [3.63, 3.8) is 0 Å². The average Bonchev–Trinajstić information content (AvgIpc) is 2.75. The van der Waals surface area contributed by atoms with Gasteiger partial charge in [0.2, 0.25) is 0 Å². The Balaban J connectivity index is 1.69. The first kappa shape index (κ1) is 17.4. The predicted molar refractivity (Wildman–Crippen MR) is 109 cm³/mol. The molecule has 1 amide bonds. The van der Waals surface area contributed by atoms with Crippen molar-refractivity contribution in [2.75, 3.05) is 0 Å². The smallest absolute Gasteiger partial charge is 0.275 e. The van der Waals surface area contributed by atoms with Crippen molar-refractivity contribution < 1.29 is 9.90 Å². The molecule has 0 radical (unpaired) electrons. The van der Waals surface area contributed by atoms with Crippen LogP contribution in [0.3, 0.4) is 0 Å². The summed E-state index contributed by atoms with van der Waals surface area (Å²) in [7, 11) is 0. The number of phenolic OH excluding ortho intramolecular Hbond substituents is 1. The molecule has 0 unspecified atom stereocenters. The van der Waals surface area contributed by atoms with Crippen LogP contribution in [0.5, 0.6) is 5.75 Å². The van der Waals surface area contributed by atoms with E-state index in [0.717, 1.165) is 16.3 Å². The first-order chi connectivity index (χ1) is 13.7. The average molecular weight is 367 g/mol. The Morgan fingerprint density at radius 1 is 0.857 bits per heavy atom. The molecule has 1 heterocycles. The molecule has 0 fully saturated rings. The zero-order valence-corrected chi connectivity index (χ0v) is 14.9. The summed E-state index contributed by atoms with van der Waals surface area (Å²) in [4.78, 5) is 17.0. The highest BCUT2D eigenvalue weighted by Gasteiger charge is 2.14. The number of pyridine rings is 1. The van der Waals surface area contributed by atoms with Gasteiger partial charge < -0.3 is 5.11 Å². The lowest BCUT2D eigenvalue weighted by Gasteiger charge is -2.09. The van der Waals surface area contributed by atoms with Crippen LogP contribution in [0.4, 0.5) is 0 Å². The molecule has 0 spiro atoms. The lowest BCUT2D eigenvalue weighted by atomic mass is 10.1. The maximum atomic E-state index is 12.7. The number of benzene rings is 3. The summed E-state index contributed by atoms with van der Waals surface area (Å²) in [5.41, 5.74) is 4.71. The van der Waals surface area contributed by atoms with Crippen LogP contribution in [0.2, 0.25) is 0 Å². The van der Waals surface area contributed by atoms with Gasteiger partial charge in [0.25, 0.3) is 5.91 Å². The van der Waals surface area contributed by atoms with Crippen LogP contribution in [-0.2, 0) is 0 Å². The quantitative estimate of drug-likeness (QED) is 0.421. The molecule has 28 heavy (non-hydrogen) atoms. The summed E-state index contributed by atoms with van der Waals surface area (Å²) in [6.45, 7) is 0. The third-order valence-corrected chi connectivity index (χ3v) is 4.33. The molecule has 136 valence electrons. The lowest BCUT2D eigenvalue weighted by Crippen LogP contribution is -2.21. The summed E-state index contributed by atoms with van der Waals surface area (Å²) >= 11 is 0. The van der Waals surface area contributed by atoms with Gasteiger partial charge in [-0.25, -0.2) is 5.43 Å². The number of nitrogens with one attached hydrogen (secondary N) is 1. The molecule has 0 aliphatic rings. The minimum Gasteiger partial charge on any atom is -0.507 e. The third kappa shape index (κ3) is 3.59. The molecular weight excluding hydrogens is 350 g/mol. The van der Waals surface area contributed by atoms with Crippen molar-refractivity contribution >= 4 is 22.4 Å². The molecule has 0 atom stereocenters. The van der Waals surface area contributed by atoms with E-state index in [1.165, 1.54) is 0 Å². The van der Waals surface area contributed by atoms with Gasteiger partial charge in [-0.05, 0) is 35.0 Å². The SMILES string of the molecule is O=C(NN=C(c1ccccc1)c1ccccn1)c1cc2ccccc2cc1O. The molecule has 1 aromatic heterocycles. The zero-order chi connectivity index (χ0) is 19.3.